The average Bonchev–Trinajstić information content (AvgIpc) is 2.52. The summed E-state index contributed by atoms with van der Waals surface area (Å²) in [6, 6.07) is 3.91. The molecule has 62 valence electrons. The third kappa shape index (κ3) is 1.13. The van der Waals surface area contributed by atoms with Gasteiger partial charge in [0.25, 0.3) is 0 Å². The quantitative estimate of drug-likeness (QED) is 0.810. The molecule has 0 radical (unpaired) electrons. The zero-order chi connectivity index (χ0) is 8.55. The van der Waals surface area contributed by atoms with E-state index in [9.17, 15) is 0 Å². The third-order valence-corrected chi connectivity index (χ3v) is 2.29. The minimum absolute atomic E-state index is 0.527. The second-order valence-electron chi connectivity index (χ2n) is 2.53. The first kappa shape index (κ1) is 7.76. The molecule has 0 aliphatic heterocycles. The summed E-state index contributed by atoms with van der Waals surface area (Å²) in [4.78, 5) is 0. The van der Waals surface area contributed by atoms with Gasteiger partial charge >= 0.3 is 0 Å². The average molecular weight is 227 g/mol. The van der Waals surface area contributed by atoms with Gasteiger partial charge in [-0.1, -0.05) is 5.16 Å². The molecule has 1 heterocycles. The Morgan fingerprint density at radius 3 is 3.08 bits per heavy atom. The summed E-state index contributed by atoms with van der Waals surface area (Å²) in [7, 11) is 0. The number of rotatable bonds is 1. The van der Waals surface area contributed by atoms with Gasteiger partial charge in [-0.3, -0.25) is 0 Å². The summed E-state index contributed by atoms with van der Waals surface area (Å²) in [6.07, 6.45) is 1.68. The van der Waals surface area contributed by atoms with Crippen molar-refractivity contribution >= 4 is 26.9 Å². The van der Waals surface area contributed by atoms with Gasteiger partial charge < -0.3 is 10.3 Å². The number of aromatic nitrogens is 1. The normalized spacial score (nSPS) is 10.8. The Balaban J connectivity index is 2.75. The standard InChI is InChI=1S/C8H7BrN2O/c9-7-2-5(3-10)1-6-4-11-12-8(6)7/h1-2,4H,3,10H2. The number of nitrogens with two attached hydrogens (primary N) is 1. The predicted octanol–water partition coefficient (Wildman–Crippen LogP) is 2.05. The van der Waals surface area contributed by atoms with Crippen molar-refractivity contribution in [2.75, 3.05) is 0 Å². The largest absolute Gasteiger partial charge is 0.355 e. The third-order valence-electron chi connectivity index (χ3n) is 1.70. The summed E-state index contributed by atoms with van der Waals surface area (Å²) in [5.74, 6) is 0. The van der Waals surface area contributed by atoms with Crippen LogP contribution in [-0.2, 0) is 6.54 Å². The maximum atomic E-state index is 5.51. The molecule has 2 N–H and O–H groups in total. The summed E-state index contributed by atoms with van der Waals surface area (Å²) >= 11 is 3.38. The van der Waals surface area contributed by atoms with Crippen LogP contribution in [0.5, 0.6) is 0 Å². The fourth-order valence-corrected chi connectivity index (χ4v) is 1.71. The van der Waals surface area contributed by atoms with E-state index in [1.165, 1.54) is 0 Å². The Kier molecular flexibility index (Phi) is 1.86. The van der Waals surface area contributed by atoms with Crippen molar-refractivity contribution in [2.45, 2.75) is 6.54 Å². The molecule has 0 saturated heterocycles. The molecule has 0 amide bonds. The van der Waals surface area contributed by atoms with Gasteiger partial charge in [0.15, 0.2) is 5.58 Å². The minimum atomic E-state index is 0.527. The van der Waals surface area contributed by atoms with Gasteiger partial charge in [-0.15, -0.1) is 0 Å². The molecule has 2 aromatic rings. The van der Waals surface area contributed by atoms with E-state index in [-0.39, 0.29) is 0 Å². The van der Waals surface area contributed by atoms with Gasteiger partial charge in [-0.05, 0) is 33.6 Å². The van der Waals surface area contributed by atoms with Crippen molar-refractivity contribution in [3.05, 3.63) is 28.4 Å². The van der Waals surface area contributed by atoms with Crippen LogP contribution in [0.3, 0.4) is 0 Å². The Morgan fingerprint density at radius 1 is 1.50 bits per heavy atom. The lowest BCUT2D eigenvalue weighted by molar-refractivity contribution is 0.455. The summed E-state index contributed by atoms with van der Waals surface area (Å²) in [5, 5.41) is 4.67. The smallest absolute Gasteiger partial charge is 0.180 e. The van der Waals surface area contributed by atoms with Gasteiger partial charge in [0.05, 0.1) is 10.7 Å². The van der Waals surface area contributed by atoms with Gasteiger partial charge in [-0.2, -0.15) is 0 Å². The van der Waals surface area contributed by atoms with Crippen molar-refractivity contribution in [1.29, 1.82) is 0 Å². The first-order valence-corrected chi connectivity index (χ1v) is 4.33. The Hall–Kier alpha value is -0.870. The number of halogens is 1. The van der Waals surface area contributed by atoms with Crippen molar-refractivity contribution < 1.29 is 4.52 Å². The van der Waals surface area contributed by atoms with Crippen LogP contribution < -0.4 is 5.73 Å². The van der Waals surface area contributed by atoms with Crippen molar-refractivity contribution in [3.63, 3.8) is 0 Å². The van der Waals surface area contributed by atoms with E-state index in [1.807, 2.05) is 12.1 Å². The highest BCUT2D eigenvalue weighted by Crippen LogP contribution is 2.25. The van der Waals surface area contributed by atoms with Crippen LogP contribution in [0.4, 0.5) is 0 Å². The predicted molar refractivity (Wildman–Crippen MR) is 49.6 cm³/mol. The number of hydrogen-bond donors (Lipinski definition) is 1. The zero-order valence-electron chi connectivity index (χ0n) is 6.25. The first-order valence-electron chi connectivity index (χ1n) is 3.54. The van der Waals surface area contributed by atoms with Crippen molar-refractivity contribution in [3.8, 4) is 0 Å². The van der Waals surface area contributed by atoms with Gasteiger partial charge in [0, 0.05) is 11.9 Å². The topological polar surface area (TPSA) is 52.0 Å². The van der Waals surface area contributed by atoms with E-state index in [0.717, 1.165) is 21.0 Å². The summed E-state index contributed by atoms with van der Waals surface area (Å²) in [6.45, 7) is 0.527. The van der Waals surface area contributed by atoms with Gasteiger partial charge in [0.2, 0.25) is 0 Å². The van der Waals surface area contributed by atoms with Crippen LogP contribution in [0, 0.1) is 0 Å². The molecule has 0 atom stereocenters. The maximum absolute atomic E-state index is 5.51. The van der Waals surface area contributed by atoms with Crippen LogP contribution in [0.1, 0.15) is 5.56 Å². The number of fused-ring (bicyclic) bond motifs is 1. The van der Waals surface area contributed by atoms with E-state index in [2.05, 4.69) is 21.1 Å². The molecule has 0 unspecified atom stereocenters. The maximum Gasteiger partial charge on any atom is 0.180 e. The molecule has 0 aliphatic rings. The van der Waals surface area contributed by atoms with Crippen LogP contribution in [0.2, 0.25) is 0 Å². The molecule has 2 rings (SSSR count). The van der Waals surface area contributed by atoms with Crippen LogP contribution >= 0.6 is 15.9 Å². The second-order valence-corrected chi connectivity index (χ2v) is 3.38. The van der Waals surface area contributed by atoms with Gasteiger partial charge in [0.1, 0.15) is 0 Å². The summed E-state index contributed by atoms with van der Waals surface area (Å²) < 4.78 is 5.91. The SMILES string of the molecule is NCc1cc(Br)c2oncc2c1. The van der Waals surface area contributed by atoms with Crippen molar-refractivity contribution in [1.82, 2.24) is 5.16 Å². The molecular formula is C8H7BrN2O. The van der Waals surface area contributed by atoms with E-state index in [0.29, 0.717) is 6.54 Å². The van der Waals surface area contributed by atoms with E-state index >= 15 is 0 Å². The molecule has 0 saturated carbocycles. The molecule has 3 nitrogen and oxygen atoms in total. The molecule has 1 aromatic heterocycles. The Morgan fingerprint density at radius 2 is 2.33 bits per heavy atom. The first-order chi connectivity index (χ1) is 5.81. The highest BCUT2D eigenvalue weighted by molar-refractivity contribution is 9.10. The minimum Gasteiger partial charge on any atom is -0.355 e. The van der Waals surface area contributed by atoms with Crippen LogP contribution in [0.15, 0.2) is 27.3 Å². The second kappa shape index (κ2) is 2.88. The number of benzene rings is 1. The molecule has 0 bridgehead atoms. The zero-order valence-corrected chi connectivity index (χ0v) is 7.84. The van der Waals surface area contributed by atoms with Gasteiger partial charge in [-0.25, -0.2) is 0 Å². The molecule has 4 heteroatoms. The van der Waals surface area contributed by atoms with Crippen LogP contribution in [-0.4, -0.2) is 5.16 Å². The highest BCUT2D eigenvalue weighted by Gasteiger charge is 2.04. The fourth-order valence-electron chi connectivity index (χ4n) is 1.12. The summed E-state index contributed by atoms with van der Waals surface area (Å²) in [5.41, 5.74) is 7.34. The molecule has 0 spiro atoms. The van der Waals surface area contributed by atoms with E-state index in [1.54, 1.807) is 6.20 Å². The molecule has 12 heavy (non-hydrogen) atoms. The molecule has 0 fully saturated rings. The fraction of sp³-hybridized carbons (Fsp3) is 0.125. The number of nitrogens with zero attached hydrogens (tertiary/aromatic N) is 1. The molecular weight excluding hydrogens is 220 g/mol. The lowest BCUT2D eigenvalue weighted by Gasteiger charge is -1.96. The van der Waals surface area contributed by atoms with E-state index in [4.69, 9.17) is 10.3 Å². The van der Waals surface area contributed by atoms with Crippen LogP contribution in [0.25, 0.3) is 11.0 Å². The Labute approximate surface area is 77.7 Å². The lowest BCUT2D eigenvalue weighted by Crippen LogP contribution is -1.95. The number of hydrogen-bond acceptors (Lipinski definition) is 3. The Bertz CT molecular complexity index is 410. The lowest BCUT2D eigenvalue weighted by atomic mass is 10.2. The highest BCUT2D eigenvalue weighted by atomic mass is 79.9. The van der Waals surface area contributed by atoms with E-state index < -0.39 is 0 Å². The van der Waals surface area contributed by atoms with Crippen molar-refractivity contribution in [2.24, 2.45) is 5.73 Å². The molecule has 0 aliphatic carbocycles. The molecule has 1 aromatic carbocycles. The monoisotopic (exact) mass is 226 g/mol.